The minimum atomic E-state index is -3.63. The van der Waals surface area contributed by atoms with Gasteiger partial charge in [0.15, 0.2) is 0 Å². The summed E-state index contributed by atoms with van der Waals surface area (Å²) < 4.78 is 42.5. The molecule has 2 rings (SSSR count). The highest BCUT2D eigenvalue weighted by molar-refractivity contribution is 7.92. The summed E-state index contributed by atoms with van der Waals surface area (Å²) in [6.07, 6.45) is 2.14. The summed E-state index contributed by atoms with van der Waals surface area (Å²) in [5.41, 5.74) is 0.0389. The number of halogens is 2. The van der Waals surface area contributed by atoms with Crippen molar-refractivity contribution < 1.29 is 22.0 Å². The number of carbonyl (C=O) groups is 1. The zero-order valence-corrected chi connectivity index (χ0v) is 12.3. The van der Waals surface area contributed by atoms with Crippen LogP contribution in [0.25, 0.3) is 0 Å². The van der Waals surface area contributed by atoms with E-state index in [1.165, 1.54) is 18.4 Å². The molecule has 0 aliphatic heterocycles. The fourth-order valence-electron chi connectivity index (χ4n) is 1.54. The average Bonchev–Trinajstić information content (AvgIpc) is 2.78. The highest BCUT2D eigenvalue weighted by Gasteiger charge is 2.14. The van der Waals surface area contributed by atoms with Crippen LogP contribution in [0.3, 0.4) is 0 Å². The molecule has 0 aliphatic carbocycles. The summed E-state index contributed by atoms with van der Waals surface area (Å²) in [4.78, 5) is 11.9. The standard InChI is InChI=1S/C12H10ClFN2O4S/c1-21(18,19)16-10-6-7(2-3-9(10)14)15-12(17)8-4-5-20-11(8)13/h2-6,16H,1H3,(H,15,17). The number of anilines is 2. The van der Waals surface area contributed by atoms with E-state index in [4.69, 9.17) is 16.0 Å². The second-order valence-electron chi connectivity index (χ2n) is 4.13. The number of furan rings is 1. The molecule has 21 heavy (non-hydrogen) atoms. The topological polar surface area (TPSA) is 88.4 Å². The lowest BCUT2D eigenvalue weighted by molar-refractivity contribution is 0.102. The summed E-state index contributed by atoms with van der Waals surface area (Å²) >= 11 is 5.67. The maximum Gasteiger partial charge on any atom is 0.260 e. The van der Waals surface area contributed by atoms with E-state index in [1.807, 2.05) is 4.72 Å². The molecule has 0 bridgehead atoms. The van der Waals surface area contributed by atoms with Crippen molar-refractivity contribution in [1.82, 2.24) is 0 Å². The highest BCUT2D eigenvalue weighted by atomic mass is 35.5. The quantitative estimate of drug-likeness (QED) is 0.901. The smallest absolute Gasteiger partial charge is 0.260 e. The normalized spacial score (nSPS) is 11.2. The number of hydrogen-bond acceptors (Lipinski definition) is 4. The van der Waals surface area contributed by atoms with Gasteiger partial charge in [0.05, 0.1) is 23.8 Å². The summed E-state index contributed by atoms with van der Waals surface area (Å²) in [6, 6.07) is 4.84. The number of amides is 1. The Bertz CT molecular complexity index is 788. The predicted octanol–water partition coefficient (Wildman–Crippen LogP) is 2.70. The summed E-state index contributed by atoms with van der Waals surface area (Å²) in [5.74, 6) is -1.33. The van der Waals surface area contributed by atoms with Crippen LogP contribution in [0.1, 0.15) is 10.4 Å². The molecule has 2 N–H and O–H groups in total. The van der Waals surface area contributed by atoms with Crippen LogP contribution in [0.5, 0.6) is 0 Å². The van der Waals surface area contributed by atoms with Crippen molar-refractivity contribution in [1.29, 1.82) is 0 Å². The molecule has 6 nitrogen and oxygen atoms in total. The third-order valence-corrected chi connectivity index (χ3v) is 3.27. The number of sulfonamides is 1. The first-order valence-electron chi connectivity index (χ1n) is 5.58. The molecule has 0 saturated heterocycles. The lowest BCUT2D eigenvalue weighted by Crippen LogP contribution is -2.14. The molecular weight excluding hydrogens is 323 g/mol. The second-order valence-corrected chi connectivity index (χ2v) is 6.22. The molecule has 9 heteroatoms. The number of rotatable bonds is 4. The first kappa shape index (κ1) is 15.3. The minimum absolute atomic E-state index is 0.0795. The molecule has 1 aromatic heterocycles. The maximum absolute atomic E-state index is 13.5. The Labute approximate surface area is 125 Å². The Hall–Kier alpha value is -2.06. The SMILES string of the molecule is CS(=O)(=O)Nc1cc(NC(=O)c2ccoc2Cl)ccc1F. The summed E-state index contributed by atoms with van der Waals surface area (Å²) in [7, 11) is -3.63. The van der Waals surface area contributed by atoms with Crippen LogP contribution >= 0.6 is 11.6 Å². The van der Waals surface area contributed by atoms with Crippen LogP contribution in [-0.2, 0) is 10.0 Å². The average molecular weight is 333 g/mol. The van der Waals surface area contributed by atoms with Crippen molar-refractivity contribution in [3.8, 4) is 0 Å². The van der Waals surface area contributed by atoms with Crippen LogP contribution < -0.4 is 10.0 Å². The molecule has 1 amide bonds. The number of carbonyl (C=O) groups excluding carboxylic acids is 1. The highest BCUT2D eigenvalue weighted by Crippen LogP contribution is 2.22. The Morgan fingerprint density at radius 3 is 2.62 bits per heavy atom. The van der Waals surface area contributed by atoms with E-state index in [0.29, 0.717) is 0 Å². The summed E-state index contributed by atoms with van der Waals surface area (Å²) in [5, 5.41) is 2.37. The van der Waals surface area contributed by atoms with Gasteiger partial charge >= 0.3 is 0 Å². The predicted molar refractivity (Wildman–Crippen MR) is 76.5 cm³/mol. The van der Waals surface area contributed by atoms with Crippen LogP contribution in [0.15, 0.2) is 34.9 Å². The van der Waals surface area contributed by atoms with E-state index >= 15 is 0 Å². The Kier molecular flexibility index (Phi) is 4.19. The van der Waals surface area contributed by atoms with Crippen molar-refractivity contribution in [2.75, 3.05) is 16.3 Å². The molecule has 1 heterocycles. The molecule has 2 aromatic rings. The zero-order valence-electron chi connectivity index (χ0n) is 10.7. The third kappa shape index (κ3) is 3.96. The van der Waals surface area contributed by atoms with Crippen molar-refractivity contribution in [3.63, 3.8) is 0 Å². The molecule has 0 atom stereocenters. The molecule has 0 fully saturated rings. The molecule has 0 radical (unpaired) electrons. The fraction of sp³-hybridized carbons (Fsp3) is 0.0833. The van der Waals surface area contributed by atoms with E-state index in [0.717, 1.165) is 18.4 Å². The zero-order chi connectivity index (χ0) is 15.6. The van der Waals surface area contributed by atoms with Gasteiger partial charge in [0.1, 0.15) is 5.82 Å². The Balaban J connectivity index is 2.24. The molecule has 0 saturated carbocycles. The van der Waals surface area contributed by atoms with Gasteiger partial charge < -0.3 is 9.73 Å². The number of nitrogens with one attached hydrogen (secondary N) is 2. The largest absolute Gasteiger partial charge is 0.452 e. The van der Waals surface area contributed by atoms with E-state index in [-0.39, 0.29) is 22.2 Å². The van der Waals surface area contributed by atoms with Crippen LogP contribution in [0.2, 0.25) is 5.22 Å². The Morgan fingerprint density at radius 1 is 1.33 bits per heavy atom. The maximum atomic E-state index is 13.5. The van der Waals surface area contributed by atoms with E-state index in [2.05, 4.69) is 5.32 Å². The van der Waals surface area contributed by atoms with Gasteiger partial charge in [-0.3, -0.25) is 9.52 Å². The van der Waals surface area contributed by atoms with Gasteiger partial charge in [0.25, 0.3) is 5.91 Å². The van der Waals surface area contributed by atoms with Gasteiger partial charge in [-0.15, -0.1) is 0 Å². The van der Waals surface area contributed by atoms with Crippen LogP contribution in [-0.4, -0.2) is 20.6 Å². The lowest BCUT2D eigenvalue weighted by Gasteiger charge is -2.09. The number of hydrogen-bond donors (Lipinski definition) is 2. The van der Waals surface area contributed by atoms with Crippen molar-refractivity contribution in [3.05, 3.63) is 47.1 Å². The van der Waals surface area contributed by atoms with E-state index < -0.39 is 21.7 Å². The molecule has 0 aliphatic rings. The van der Waals surface area contributed by atoms with Gasteiger partial charge in [0, 0.05) is 5.69 Å². The van der Waals surface area contributed by atoms with Gasteiger partial charge in [-0.05, 0) is 35.9 Å². The Morgan fingerprint density at radius 2 is 2.05 bits per heavy atom. The molecule has 1 aromatic carbocycles. The first-order chi connectivity index (χ1) is 9.76. The van der Waals surface area contributed by atoms with Crippen molar-refractivity contribution in [2.45, 2.75) is 0 Å². The first-order valence-corrected chi connectivity index (χ1v) is 7.85. The third-order valence-electron chi connectivity index (χ3n) is 2.38. The molecule has 0 unspecified atom stereocenters. The molecule has 112 valence electrons. The lowest BCUT2D eigenvalue weighted by atomic mass is 10.2. The van der Waals surface area contributed by atoms with Crippen molar-refractivity contribution in [2.24, 2.45) is 0 Å². The molecular formula is C12H10ClFN2O4S. The van der Waals surface area contributed by atoms with Gasteiger partial charge in [-0.25, -0.2) is 12.8 Å². The monoisotopic (exact) mass is 332 g/mol. The van der Waals surface area contributed by atoms with E-state index in [1.54, 1.807) is 0 Å². The number of benzene rings is 1. The van der Waals surface area contributed by atoms with Gasteiger partial charge in [-0.1, -0.05) is 0 Å². The van der Waals surface area contributed by atoms with Gasteiger partial charge in [0.2, 0.25) is 15.2 Å². The van der Waals surface area contributed by atoms with Crippen LogP contribution in [0.4, 0.5) is 15.8 Å². The fourth-order valence-corrected chi connectivity index (χ4v) is 2.29. The molecule has 0 spiro atoms. The van der Waals surface area contributed by atoms with Crippen LogP contribution in [0, 0.1) is 5.82 Å². The second kappa shape index (κ2) is 5.74. The van der Waals surface area contributed by atoms with E-state index in [9.17, 15) is 17.6 Å². The van der Waals surface area contributed by atoms with Crippen molar-refractivity contribution >= 4 is 38.9 Å². The minimum Gasteiger partial charge on any atom is -0.452 e. The van der Waals surface area contributed by atoms with Gasteiger partial charge in [-0.2, -0.15) is 0 Å². The summed E-state index contributed by atoms with van der Waals surface area (Å²) in [6.45, 7) is 0.